The molecule has 1 heterocycles. The first-order valence-electron chi connectivity index (χ1n) is 8.10. The molecule has 2 aromatic rings. The lowest BCUT2D eigenvalue weighted by atomic mass is 9.91. The predicted octanol–water partition coefficient (Wildman–Crippen LogP) is 3.16. The van der Waals surface area contributed by atoms with Crippen LogP contribution in [0.3, 0.4) is 0 Å². The van der Waals surface area contributed by atoms with E-state index in [1.54, 1.807) is 13.2 Å². The molecule has 1 atom stereocenters. The number of hydrogen-bond acceptors (Lipinski definition) is 3. The molecule has 0 unspecified atom stereocenters. The fourth-order valence-electron chi connectivity index (χ4n) is 3.44. The summed E-state index contributed by atoms with van der Waals surface area (Å²) in [5.41, 5.74) is 3.12. The van der Waals surface area contributed by atoms with Crippen LogP contribution in [0, 0.1) is 0 Å². The Balaban J connectivity index is 1.82. The number of fused-ring (bicyclic) bond motifs is 1. The van der Waals surface area contributed by atoms with Gasteiger partial charge in [0.2, 0.25) is 5.91 Å². The molecule has 1 aromatic heterocycles. The zero-order valence-corrected chi connectivity index (χ0v) is 15.0. The molecule has 0 bridgehead atoms. The van der Waals surface area contributed by atoms with Gasteiger partial charge < -0.3 is 9.64 Å². The molecular weight excluding hydrogens is 326 g/mol. The van der Waals surface area contributed by atoms with E-state index < -0.39 is 0 Å². The molecule has 0 aliphatic heterocycles. The zero-order valence-electron chi connectivity index (χ0n) is 14.3. The summed E-state index contributed by atoms with van der Waals surface area (Å²) in [7, 11) is 5.41. The van der Waals surface area contributed by atoms with Gasteiger partial charge in [-0.15, -0.1) is 0 Å². The topological polar surface area (TPSA) is 47.4 Å². The molecule has 3 rings (SSSR count). The van der Waals surface area contributed by atoms with Crippen molar-refractivity contribution in [1.82, 2.24) is 14.7 Å². The second-order valence-electron chi connectivity index (χ2n) is 6.18. The minimum Gasteiger partial charge on any atom is -0.496 e. The van der Waals surface area contributed by atoms with E-state index in [2.05, 4.69) is 5.10 Å². The van der Waals surface area contributed by atoms with Gasteiger partial charge in [-0.25, -0.2) is 0 Å². The number of nitrogens with zero attached hydrogens (tertiary/aromatic N) is 3. The fraction of sp³-hybridized carbons (Fsp3) is 0.444. The number of hydrogen-bond donors (Lipinski definition) is 0. The van der Waals surface area contributed by atoms with E-state index in [-0.39, 0.29) is 18.4 Å². The lowest BCUT2D eigenvalue weighted by Gasteiger charge is -2.31. The Hall–Kier alpha value is -2.01. The first-order chi connectivity index (χ1) is 11.5. The van der Waals surface area contributed by atoms with E-state index in [0.29, 0.717) is 10.8 Å². The summed E-state index contributed by atoms with van der Waals surface area (Å²) in [6, 6.07) is 5.51. The number of amides is 1. The molecule has 0 spiro atoms. The number of likely N-dealkylation sites (N-methyl/N-ethyl adjacent to an activating group) is 1. The number of rotatable bonds is 4. The van der Waals surface area contributed by atoms with Gasteiger partial charge in [0.25, 0.3) is 0 Å². The zero-order chi connectivity index (χ0) is 17.3. The SMILES string of the molecule is COc1cccc(Cl)c1CC(=O)N(C)[C@@H]1CCCc2c1cnn2C. The number of ether oxygens (including phenoxy) is 1. The summed E-state index contributed by atoms with van der Waals surface area (Å²) in [5, 5.41) is 4.91. The van der Waals surface area contributed by atoms with Crippen LogP contribution in [0.25, 0.3) is 0 Å². The van der Waals surface area contributed by atoms with Crippen LogP contribution in [0.2, 0.25) is 5.02 Å². The molecule has 0 N–H and O–H groups in total. The smallest absolute Gasteiger partial charge is 0.227 e. The normalized spacial score (nSPS) is 16.6. The van der Waals surface area contributed by atoms with Crippen molar-refractivity contribution in [3.05, 3.63) is 46.2 Å². The summed E-state index contributed by atoms with van der Waals surface area (Å²) in [5.74, 6) is 0.679. The van der Waals surface area contributed by atoms with E-state index >= 15 is 0 Å². The molecular formula is C18H22ClN3O2. The molecule has 1 aliphatic carbocycles. The maximum absolute atomic E-state index is 12.8. The van der Waals surface area contributed by atoms with Crippen molar-refractivity contribution in [2.45, 2.75) is 31.7 Å². The van der Waals surface area contributed by atoms with Gasteiger partial charge in [0, 0.05) is 35.9 Å². The maximum atomic E-state index is 12.8. The van der Waals surface area contributed by atoms with Crippen molar-refractivity contribution in [2.24, 2.45) is 7.05 Å². The number of aromatic nitrogens is 2. The Morgan fingerprint density at radius 3 is 3.04 bits per heavy atom. The van der Waals surface area contributed by atoms with Gasteiger partial charge >= 0.3 is 0 Å². The molecule has 24 heavy (non-hydrogen) atoms. The molecule has 5 nitrogen and oxygen atoms in total. The number of methoxy groups -OCH3 is 1. The van der Waals surface area contributed by atoms with E-state index in [9.17, 15) is 4.79 Å². The largest absolute Gasteiger partial charge is 0.496 e. The van der Waals surface area contributed by atoms with Crippen LogP contribution < -0.4 is 4.74 Å². The van der Waals surface area contributed by atoms with Gasteiger partial charge in [-0.2, -0.15) is 5.10 Å². The third-order valence-electron chi connectivity index (χ3n) is 4.83. The predicted molar refractivity (Wildman–Crippen MR) is 93.4 cm³/mol. The summed E-state index contributed by atoms with van der Waals surface area (Å²) in [6.07, 6.45) is 5.15. The summed E-state index contributed by atoms with van der Waals surface area (Å²) in [4.78, 5) is 14.7. The van der Waals surface area contributed by atoms with Gasteiger partial charge in [-0.1, -0.05) is 17.7 Å². The van der Waals surface area contributed by atoms with E-state index in [0.717, 1.165) is 30.4 Å². The molecule has 0 saturated heterocycles. The lowest BCUT2D eigenvalue weighted by Crippen LogP contribution is -2.34. The highest BCUT2D eigenvalue weighted by Gasteiger charge is 2.29. The van der Waals surface area contributed by atoms with Gasteiger partial charge in [0.05, 0.1) is 25.8 Å². The highest BCUT2D eigenvalue weighted by Crippen LogP contribution is 2.34. The van der Waals surface area contributed by atoms with Crippen molar-refractivity contribution < 1.29 is 9.53 Å². The van der Waals surface area contributed by atoms with Crippen molar-refractivity contribution in [2.75, 3.05) is 14.2 Å². The monoisotopic (exact) mass is 347 g/mol. The summed E-state index contributed by atoms with van der Waals surface area (Å²) in [6.45, 7) is 0. The van der Waals surface area contributed by atoms with Crippen LogP contribution >= 0.6 is 11.6 Å². The summed E-state index contributed by atoms with van der Waals surface area (Å²) >= 11 is 6.26. The first-order valence-corrected chi connectivity index (χ1v) is 8.48. The Labute approximate surface area is 147 Å². The van der Waals surface area contributed by atoms with Crippen LogP contribution in [0.5, 0.6) is 5.75 Å². The lowest BCUT2D eigenvalue weighted by molar-refractivity contribution is -0.131. The number of carbonyl (C=O) groups excluding carboxylic acids is 1. The Morgan fingerprint density at radius 1 is 1.50 bits per heavy atom. The second kappa shape index (κ2) is 6.85. The molecule has 0 saturated carbocycles. The number of aryl methyl sites for hydroxylation is 1. The minimum atomic E-state index is 0.0307. The first kappa shape index (κ1) is 16.8. The summed E-state index contributed by atoms with van der Waals surface area (Å²) < 4.78 is 7.26. The van der Waals surface area contributed by atoms with Crippen LogP contribution in [-0.4, -0.2) is 34.7 Å². The number of carbonyl (C=O) groups is 1. The quantitative estimate of drug-likeness (QED) is 0.853. The van der Waals surface area contributed by atoms with Crippen molar-refractivity contribution >= 4 is 17.5 Å². The van der Waals surface area contributed by atoms with Crippen LogP contribution in [0.4, 0.5) is 0 Å². The van der Waals surface area contributed by atoms with Gasteiger partial charge in [0.1, 0.15) is 5.75 Å². The third kappa shape index (κ3) is 3.00. The molecule has 128 valence electrons. The van der Waals surface area contributed by atoms with Gasteiger partial charge in [-0.05, 0) is 31.4 Å². The Morgan fingerprint density at radius 2 is 2.29 bits per heavy atom. The van der Waals surface area contributed by atoms with E-state index in [1.165, 1.54) is 5.69 Å². The van der Waals surface area contributed by atoms with Crippen molar-refractivity contribution in [3.63, 3.8) is 0 Å². The molecule has 6 heteroatoms. The minimum absolute atomic E-state index is 0.0307. The maximum Gasteiger partial charge on any atom is 0.227 e. The van der Waals surface area contributed by atoms with Crippen LogP contribution in [0.15, 0.2) is 24.4 Å². The Bertz CT molecular complexity index is 757. The Kier molecular flexibility index (Phi) is 4.81. The van der Waals surface area contributed by atoms with Gasteiger partial charge in [-0.3, -0.25) is 9.48 Å². The average Bonchev–Trinajstić information content (AvgIpc) is 2.97. The number of halogens is 1. The molecule has 1 aromatic carbocycles. The van der Waals surface area contributed by atoms with Crippen LogP contribution in [-0.2, 0) is 24.7 Å². The third-order valence-corrected chi connectivity index (χ3v) is 5.18. The highest BCUT2D eigenvalue weighted by molar-refractivity contribution is 6.31. The standard InChI is InChI=1S/C18H22ClN3O2/c1-21(15-7-5-8-16-13(15)11-20-22(16)2)18(23)10-12-14(19)6-4-9-17(12)24-3/h4,6,9,11,15H,5,7-8,10H2,1-3H3/t15-/m1/s1. The molecule has 0 fully saturated rings. The van der Waals surface area contributed by atoms with Crippen molar-refractivity contribution in [3.8, 4) is 5.75 Å². The molecule has 1 aliphatic rings. The fourth-order valence-corrected chi connectivity index (χ4v) is 3.67. The van der Waals surface area contributed by atoms with E-state index in [1.807, 2.05) is 42.0 Å². The molecule has 1 amide bonds. The molecule has 0 radical (unpaired) electrons. The number of benzene rings is 1. The van der Waals surface area contributed by atoms with E-state index in [4.69, 9.17) is 16.3 Å². The van der Waals surface area contributed by atoms with Crippen molar-refractivity contribution in [1.29, 1.82) is 0 Å². The van der Waals surface area contributed by atoms with Crippen LogP contribution in [0.1, 0.15) is 35.7 Å². The average molecular weight is 348 g/mol. The van der Waals surface area contributed by atoms with Gasteiger partial charge in [0.15, 0.2) is 0 Å². The second-order valence-corrected chi connectivity index (χ2v) is 6.59. The highest BCUT2D eigenvalue weighted by atomic mass is 35.5.